The summed E-state index contributed by atoms with van der Waals surface area (Å²) >= 11 is 1.08. The number of likely N-dealkylation sites (N-methyl/N-ethyl adjacent to an activating group) is 1. The number of aromatic nitrogens is 1. The second-order valence-corrected chi connectivity index (χ2v) is 6.01. The zero-order chi connectivity index (χ0) is 18.2. The van der Waals surface area contributed by atoms with Gasteiger partial charge in [-0.25, -0.2) is 4.98 Å². The Morgan fingerprint density at radius 3 is 2.80 bits per heavy atom. The second-order valence-electron chi connectivity index (χ2n) is 5.08. The van der Waals surface area contributed by atoms with E-state index in [1.165, 1.54) is 0 Å². The molecule has 134 valence electrons. The topological polar surface area (TPSA) is 111 Å². The van der Waals surface area contributed by atoms with Crippen LogP contribution in [0, 0.1) is 0 Å². The van der Waals surface area contributed by atoms with Crippen LogP contribution in [0.15, 0.2) is 33.9 Å². The van der Waals surface area contributed by atoms with E-state index < -0.39 is 24.5 Å². The Bertz CT molecular complexity index is 728. The van der Waals surface area contributed by atoms with E-state index in [0.717, 1.165) is 11.8 Å². The van der Waals surface area contributed by atoms with E-state index in [1.807, 2.05) is 12.1 Å². The van der Waals surface area contributed by atoms with Crippen molar-refractivity contribution in [1.82, 2.24) is 15.6 Å². The number of carbonyl (C=O) groups excluding carboxylic acids is 3. The molecule has 0 radical (unpaired) electrons. The first-order valence-corrected chi connectivity index (χ1v) is 8.69. The molecule has 1 atom stereocenters. The minimum Gasteiger partial charge on any atom is -0.455 e. The summed E-state index contributed by atoms with van der Waals surface area (Å²) in [5.74, 6) is -1.45. The number of hydrogen-bond acceptors (Lipinski definition) is 7. The van der Waals surface area contributed by atoms with E-state index in [1.54, 1.807) is 26.0 Å². The van der Waals surface area contributed by atoms with Gasteiger partial charge in [0.15, 0.2) is 12.2 Å². The van der Waals surface area contributed by atoms with Crippen molar-refractivity contribution in [2.24, 2.45) is 0 Å². The number of benzene rings is 1. The first-order valence-electron chi connectivity index (χ1n) is 7.70. The molecule has 0 bridgehead atoms. The maximum atomic E-state index is 11.7. The molecule has 1 aromatic heterocycles. The fourth-order valence-corrected chi connectivity index (χ4v) is 2.53. The van der Waals surface area contributed by atoms with Crippen molar-refractivity contribution in [2.45, 2.75) is 25.1 Å². The Balaban J connectivity index is 1.71. The summed E-state index contributed by atoms with van der Waals surface area (Å²) in [4.78, 5) is 39.1. The van der Waals surface area contributed by atoms with Gasteiger partial charge in [-0.05, 0) is 26.0 Å². The second kappa shape index (κ2) is 9.07. The zero-order valence-corrected chi connectivity index (χ0v) is 14.7. The Morgan fingerprint density at radius 1 is 1.32 bits per heavy atom. The first-order chi connectivity index (χ1) is 12.0. The minimum absolute atomic E-state index is 0.0357. The van der Waals surface area contributed by atoms with Gasteiger partial charge in [-0.1, -0.05) is 23.9 Å². The van der Waals surface area contributed by atoms with Gasteiger partial charge in [0, 0.05) is 6.54 Å². The fourth-order valence-electron chi connectivity index (χ4n) is 1.90. The number of esters is 1. The predicted molar refractivity (Wildman–Crippen MR) is 92.0 cm³/mol. The largest absolute Gasteiger partial charge is 0.455 e. The highest BCUT2D eigenvalue weighted by atomic mass is 32.2. The highest BCUT2D eigenvalue weighted by Gasteiger charge is 2.16. The van der Waals surface area contributed by atoms with Crippen LogP contribution in [0.2, 0.25) is 0 Å². The number of thioether (sulfide) groups is 1. The number of nitrogens with one attached hydrogen (secondary N) is 2. The molecule has 9 heteroatoms. The lowest BCUT2D eigenvalue weighted by Crippen LogP contribution is -2.46. The number of ether oxygens (including phenoxy) is 1. The highest BCUT2D eigenvalue weighted by Crippen LogP contribution is 2.22. The number of rotatable bonds is 8. The third kappa shape index (κ3) is 5.79. The molecular formula is C16H19N3O5S. The summed E-state index contributed by atoms with van der Waals surface area (Å²) in [5, 5.41) is 5.38. The van der Waals surface area contributed by atoms with Crippen LogP contribution in [-0.2, 0) is 19.1 Å². The lowest BCUT2D eigenvalue weighted by Gasteiger charge is -2.13. The van der Waals surface area contributed by atoms with Gasteiger partial charge in [-0.3, -0.25) is 14.4 Å². The van der Waals surface area contributed by atoms with Crippen molar-refractivity contribution in [2.75, 3.05) is 18.9 Å². The van der Waals surface area contributed by atoms with Gasteiger partial charge >= 0.3 is 5.97 Å². The van der Waals surface area contributed by atoms with Crippen molar-refractivity contribution in [1.29, 1.82) is 0 Å². The molecule has 8 nitrogen and oxygen atoms in total. The summed E-state index contributed by atoms with van der Waals surface area (Å²) in [5.41, 5.74) is 1.34. The van der Waals surface area contributed by atoms with Crippen LogP contribution in [0.4, 0.5) is 0 Å². The van der Waals surface area contributed by atoms with Gasteiger partial charge in [0.05, 0.1) is 0 Å². The van der Waals surface area contributed by atoms with E-state index in [2.05, 4.69) is 15.6 Å². The summed E-state index contributed by atoms with van der Waals surface area (Å²) in [6.45, 7) is 3.36. The highest BCUT2D eigenvalue weighted by molar-refractivity contribution is 7.99. The van der Waals surface area contributed by atoms with Crippen LogP contribution in [0.5, 0.6) is 0 Å². The van der Waals surface area contributed by atoms with Crippen molar-refractivity contribution >= 4 is 40.6 Å². The minimum atomic E-state index is -0.694. The number of nitrogens with zero attached hydrogens (tertiary/aromatic N) is 1. The summed E-state index contributed by atoms with van der Waals surface area (Å²) < 4.78 is 10.3. The Hall–Kier alpha value is -2.55. The van der Waals surface area contributed by atoms with E-state index in [9.17, 15) is 14.4 Å². The molecular weight excluding hydrogens is 346 g/mol. The molecule has 0 aliphatic carbocycles. The van der Waals surface area contributed by atoms with E-state index >= 15 is 0 Å². The predicted octanol–water partition coefficient (Wildman–Crippen LogP) is 1.10. The summed E-state index contributed by atoms with van der Waals surface area (Å²) in [6.07, 6.45) is 0. The number of carbonyl (C=O) groups is 3. The number of fused-ring (bicyclic) bond motifs is 1. The summed E-state index contributed by atoms with van der Waals surface area (Å²) in [7, 11) is 0. The van der Waals surface area contributed by atoms with E-state index in [0.29, 0.717) is 22.9 Å². The molecule has 1 heterocycles. The van der Waals surface area contributed by atoms with Crippen molar-refractivity contribution in [3.05, 3.63) is 24.3 Å². The summed E-state index contributed by atoms with van der Waals surface area (Å²) in [6, 6.07) is 6.57. The molecule has 2 N–H and O–H groups in total. The standard InChI is InChI=1S/C16H19N3O5S/c1-3-17-15(22)10(2)18-13(20)8-23-14(21)9-25-16-19-11-6-4-5-7-12(11)24-16/h4-7,10H,3,8-9H2,1-2H3,(H,17,22)(H,18,20)/t10-/m1/s1. The van der Waals surface area contributed by atoms with Gasteiger partial charge in [-0.2, -0.15) is 0 Å². The molecule has 0 fully saturated rings. The molecule has 0 unspecified atom stereocenters. The average molecular weight is 365 g/mol. The van der Waals surface area contributed by atoms with Crippen LogP contribution < -0.4 is 10.6 Å². The number of hydrogen-bond donors (Lipinski definition) is 2. The first kappa shape index (κ1) is 18.8. The molecule has 0 aliphatic rings. The molecule has 0 saturated heterocycles. The van der Waals surface area contributed by atoms with Gasteiger partial charge in [0.1, 0.15) is 17.3 Å². The monoisotopic (exact) mass is 365 g/mol. The third-order valence-corrected chi connectivity index (χ3v) is 3.88. The van der Waals surface area contributed by atoms with Crippen molar-refractivity contribution < 1.29 is 23.5 Å². The molecule has 2 amide bonds. The number of amides is 2. The molecule has 0 aliphatic heterocycles. The van der Waals surface area contributed by atoms with Gasteiger partial charge in [-0.15, -0.1) is 0 Å². The Labute approximate surface area is 148 Å². The molecule has 0 spiro atoms. The Kier molecular flexibility index (Phi) is 6.81. The van der Waals surface area contributed by atoms with Crippen LogP contribution in [0.25, 0.3) is 11.1 Å². The fraction of sp³-hybridized carbons (Fsp3) is 0.375. The van der Waals surface area contributed by atoms with Gasteiger partial charge in [0.25, 0.3) is 11.1 Å². The van der Waals surface area contributed by atoms with Crippen molar-refractivity contribution in [3.8, 4) is 0 Å². The van der Waals surface area contributed by atoms with Crippen LogP contribution in [0.3, 0.4) is 0 Å². The third-order valence-electron chi connectivity index (χ3n) is 3.07. The van der Waals surface area contributed by atoms with Crippen molar-refractivity contribution in [3.63, 3.8) is 0 Å². The SMILES string of the molecule is CCNC(=O)[C@@H](C)NC(=O)COC(=O)CSc1nc2ccccc2o1. The Morgan fingerprint density at radius 2 is 2.08 bits per heavy atom. The molecule has 2 rings (SSSR count). The maximum absolute atomic E-state index is 11.7. The van der Waals surface area contributed by atoms with E-state index in [-0.39, 0.29) is 11.7 Å². The normalized spacial score (nSPS) is 11.8. The number of oxazole rings is 1. The van der Waals surface area contributed by atoms with Crippen LogP contribution >= 0.6 is 11.8 Å². The lowest BCUT2D eigenvalue weighted by atomic mass is 10.3. The quantitative estimate of drug-likeness (QED) is 0.532. The van der Waals surface area contributed by atoms with Crippen LogP contribution in [-0.4, -0.2) is 47.7 Å². The van der Waals surface area contributed by atoms with Crippen LogP contribution in [0.1, 0.15) is 13.8 Å². The van der Waals surface area contributed by atoms with E-state index in [4.69, 9.17) is 9.15 Å². The number of para-hydroxylation sites is 2. The molecule has 1 aromatic carbocycles. The maximum Gasteiger partial charge on any atom is 0.316 e. The molecule has 0 saturated carbocycles. The lowest BCUT2D eigenvalue weighted by molar-refractivity contribution is -0.146. The molecule has 25 heavy (non-hydrogen) atoms. The smallest absolute Gasteiger partial charge is 0.316 e. The average Bonchev–Trinajstić information content (AvgIpc) is 3.01. The zero-order valence-electron chi connectivity index (χ0n) is 13.9. The van der Waals surface area contributed by atoms with Gasteiger partial charge in [0.2, 0.25) is 5.91 Å². The van der Waals surface area contributed by atoms with Gasteiger partial charge < -0.3 is 19.8 Å². The molecule has 2 aromatic rings.